The van der Waals surface area contributed by atoms with Crippen LogP contribution in [0.4, 0.5) is 5.82 Å². The van der Waals surface area contributed by atoms with Gasteiger partial charge in [-0.05, 0) is 31.9 Å². The van der Waals surface area contributed by atoms with Crippen LogP contribution in [0.25, 0.3) is 0 Å². The van der Waals surface area contributed by atoms with Crippen molar-refractivity contribution in [1.29, 1.82) is 0 Å². The number of hydrogen-bond donors (Lipinski definition) is 2. The van der Waals surface area contributed by atoms with Crippen LogP contribution in [0.5, 0.6) is 0 Å². The molecule has 0 aliphatic heterocycles. The number of aromatic nitrogens is 1. The molecular weight excluding hydrogens is 230 g/mol. The van der Waals surface area contributed by atoms with Gasteiger partial charge in [-0.2, -0.15) is 0 Å². The van der Waals surface area contributed by atoms with Crippen molar-refractivity contribution in [2.24, 2.45) is 5.73 Å². The largest absolute Gasteiger partial charge is 0.389 e. The second-order valence-electron chi connectivity index (χ2n) is 4.73. The van der Waals surface area contributed by atoms with Gasteiger partial charge < -0.3 is 11.1 Å². The summed E-state index contributed by atoms with van der Waals surface area (Å²) < 4.78 is 0. The molecule has 0 bridgehead atoms. The predicted octanol–water partition coefficient (Wildman–Crippen LogP) is 2.77. The van der Waals surface area contributed by atoms with Crippen LogP contribution < -0.4 is 11.1 Å². The summed E-state index contributed by atoms with van der Waals surface area (Å²) in [5.41, 5.74) is 7.51. The number of pyridine rings is 1. The number of nitrogens with zero attached hydrogens (tertiary/aromatic N) is 1. The molecule has 0 unspecified atom stereocenters. The molecule has 3 N–H and O–H groups in total. The predicted molar refractivity (Wildman–Crippen MR) is 75.4 cm³/mol. The monoisotopic (exact) mass is 249 g/mol. The van der Waals surface area contributed by atoms with Gasteiger partial charge in [0.15, 0.2) is 0 Å². The zero-order valence-electron chi connectivity index (χ0n) is 10.2. The summed E-state index contributed by atoms with van der Waals surface area (Å²) in [6.45, 7) is 1.97. The van der Waals surface area contributed by atoms with Gasteiger partial charge in [0, 0.05) is 17.3 Å². The molecule has 1 aromatic rings. The molecule has 1 aliphatic rings. The minimum Gasteiger partial charge on any atom is -0.389 e. The van der Waals surface area contributed by atoms with Gasteiger partial charge in [-0.25, -0.2) is 4.98 Å². The average molecular weight is 249 g/mol. The zero-order valence-corrected chi connectivity index (χ0v) is 11.0. The highest BCUT2D eigenvalue weighted by atomic mass is 32.1. The van der Waals surface area contributed by atoms with Crippen molar-refractivity contribution in [2.75, 3.05) is 5.32 Å². The third kappa shape index (κ3) is 3.40. The molecule has 0 amide bonds. The van der Waals surface area contributed by atoms with Crippen molar-refractivity contribution in [3.63, 3.8) is 0 Å². The first kappa shape index (κ1) is 12.3. The Bertz CT molecular complexity index is 411. The van der Waals surface area contributed by atoms with Crippen LogP contribution in [-0.4, -0.2) is 16.0 Å². The summed E-state index contributed by atoms with van der Waals surface area (Å²) in [6, 6.07) is 4.43. The van der Waals surface area contributed by atoms with Gasteiger partial charge in [0.25, 0.3) is 0 Å². The molecule has 0 radical (unpaired) electrons. The van der Waals surface area contributed by atoms with Crippen LogP contribution in [0.1, 0.15) is 43.4 Å². The molecule has 4 heteroatoms. The van der Waals surface area contributed by atoms with Gasteiger partial charge in [0.05, 0.1) is 0 Å². The maximum absolute atomic E-state index is 5.66. The highest BCUT2D eigenvalue weighted by Gasteiger charge is 2.14. The fourth-order valence-electron chi connectivity index (χ4n) is 2.34. The summed E-state index contributed by atoms with van der Waals surface area (Å²) >= 11 is 5.01. The van der Waals surface area contributed by atoms with E-state index in [0.717, 1.165) is 17.1 Å². The second-order valence-corrected chi connectivity index (χ2v) is 5.17. The molecule has 0 spiro atoms. The fourth-order valence-corrected chi connectivity index (χ4v) is 2.46. The van der Waals surface area contributed by atoms with Crippen LogP contribution >= 0.6 is 12.2 Å². The normalized spacial score (nSPS) is 16.8. The number of thiocarbonyl (C=S) groups is 1. The van der Waals surface area contributed by atoms with Crippen LogP contribution in [0.3, 0.4) is 0 Å². The Balaban J connectivity index is 2.11. The van der Waals surface area contributed by atoms with E-state index >= 15 is 0 Å². The molecule has 17 heavy (non-hydrogen) atoms. The Morgan fingerprint density at radius 3 is 2.71 bits per heavy atom. The Kier molecular flexibility index (Phi) is 3.94. The van der Waals surface area contributed by atoms with Crippen molar-refractivity contribution >= 4 is 23.0 Å². The molecule has 0 aromatic carbocycles. The van der Waals surface area contributed by atoms with Crippen molar-refractivity contribution in [2.45, 2.75) is 45.1 Å². The number of hydrogen-bond acceptors (Lipinski definition) is 3. The summed E-state index contributed by atoms with van der Waals surface area (Å²) in [6.07, 6.45) is 6.45. The molecule has 3 nitrogen and oxygen atoms in total. The fraction of sp³-hybridized carbons (Fsp3) is 0.538. The molecule has 1 saturated carbocycles. The van der Waals surface area contributed by atoms with Crippen LogP contribution in [0, 0.1) is 6.92 Å². The standard InChI is InChI=1S/C13H19N3S/c1-9-7-10(13(14)17)8-12(15-9)16-11-5-3-2-4-6-11/h7-8,11H,2-6H2,1H3,(H2,14,17)(H,15,16). The number of anilines is 1. The van der Waals surface area contributed by atoms with E-state index in [0.29, 0.717) is 11.0 Å². The van der Waals surface area contributed by atoms with E-state index in [-0.39, 0.29) is 0 Å². The number of nitrogens with two attached hydrogens (primary N) is 1. The average Bonchev–Trinajstić information content (AvgIpc) is 2.29. The third-order valence-corrected chi connectivity index (χ3v) is 3.43. The minimum absolute atomic E-state index is 0.433. The van der Waals surface area contributed by atoms with E-state index in [4.69, 9.17) is 18.0 Å². The molecule has 1 aromatic heterocycles. The van der Waals surface area contributed by atoms with Gasteiger partial charge in [0.2, 0.25) is 0 Å². The number of nitrogens with one attached hydrogen (secondary N) is 1. The summed E-state index contributed by atoms with van der Waals surface area (Å²) in [4.78, 5) is 4.92. The molecule has 0 saturated heterocycles. The van der Waals surface area contributed by atoms with Crippen molar-refractivity contribution in [3.05, 3.63) is 23.4 Å². The smallest absolute Gasteiger partial charge is 0.127 e. The van der Waals surface area contributed by atoms with Gasteiger partial charge in [-0.15, -0.1) is 0 Å². The minimum atomic E-state index is 0.433. The number of aryl methyl sites for hydroxylation is 1. The van der Waals surface area contributed by atoms with E-state index < -0.39 is 0 Å². The Hall–Kier alpha value is -1.16. The van der Waals surface area contributed by atoms with E-state index in [1.807, 2.05) is 19.1 Å². The van der Waals surface area contributed by atoms with E-state index in [2.05, 4.69) is 10.3 Å². The summed E-state index contributed by atoms with van der Waals surface area (Å²) in [5.74, 6) is 0.903. The van der Waals surface area contributed by atoms with Crippen molar-refractivity contribution in [1.82, 2.24) is 4.98 Å². The van der Waals surface area contributed by atoms with Crippen LogP contribution in [0.2, 0.25) is 0 Å². The van der Waals surface area contributed by atoms with Gasteiger partial charge in [0.1, 0.15) is 10.8 Å². The molecule has 2 rings (SSSR count). The quantitative estimate of drug-likeness (QED) is 0.809. The Morgan fingerprint density at radius 1 is 1.35 bits per heavy atom. The van der Waals surface area contributed by atoms with Crippen LogP contribution in [0.15, 0.2) is 12.1 Å². The number of rotatable bonds is 3. The summed E-state index contributed by atoms with van der Waals surface area (Å²) in [5, 5.41) is 3.49. The van der Waals surface area contributed by atoms with E-state index in [9.17, 15) is 0 Å². The lowest BCUT2D eigenvalue weighted by molar-refractivity contribution is 0.462. The first-order valence-corrected chi connectivity index (χ1v) is 6.61. The molecular formula is C13H19N3S. The SMILES string of the molecule is Cc1cc(C(N)=S)cc(NC2CCCCC2)n1. The lowest BCUT2D eigenvalue weighted by atomic mass is 9.95. The van der Waals surface area contributed by atoms with Crippen molar-refractivity contribution < 1.29 is 0 Å². The lowest BCUT2D eigenvalue weighted by Crippen LogP contribution is -2.23. The maximum Gasteiger partial charge on any atom is 0.127 e. The third-order valence-electron chi connectivity index (χ3n) is 3.20. The zero-order chi connectivity index (χ0) is 12.3. The highest BCUT2D eigenvalue weighted by Crippen LogP contribution is 2.21. The highest BCUT2D eigenvalue weighted by molar-refractivity contribution is 7.80. The van der Waals surface area contributed by atoms with Gasteiger partial charge in [-0.3, -0.25) is 0 Å². The lowest BCUT2D eigenvalue weighted by Gasteiger charge is -2.23. The van der Waals surface area contributed by atoms with E-state index in [1.54, 1.807) is 0 Å². The molecule has 1 heterocycles. The molecule has 92 valence electrons. The first-order valence-electron chi connectivity index (χ1n) is 6.20. The molecule has 1 aliphatic carbocycles. The molecule has 1 fully saturated rings. The summed E-state index contributed by atoms with van der Waals surface area (Å²) in [7, 11) is 0. The van der Waals surface area contributed by atoms with Crippen molar-refractivity contribution in [3.8, 4) is 0 Å². The van der Waals surface area contributed by atoms with E-state index in [1.165, 1.54) is 32.1 Å². The van der Waals surface area contributed by atoms with Gasteiger partial charge in [-0.1, -0.05) is 31.5 Å². The van der Waals surface area contributed by atoms with Crippen LogP contribution in [-0.2, 0) is 0 Å². The Labute approximate surface area is 108 Å². The second kappa shape index (κ2) is 5.45. The van der Waals surface area contributed by atoms with Gasteiger partial charge >= 0.3 is 0 Å². The molecule has 0 atom stereocenters. The Morgan fingerprint density at radius 2 is 2.06 bits per heavy atom. The topological polar surface area (TPSA) is 50.9 Å². The first-order chi connectivity index (χ1) is 8.15. The maximum atomic E-state index is 5.66.